The van der Waals surface area contributed by atoms with Gasteiger partial charge in [0.2, 0.25) is 0 Å². The maximum absolute atomic E-state index is 0. The van der Waals surface area contributed by atoms with Crippen LogP contribution in [-0.4, -0.2) is 45.5 Å². The van der Waals surface area contributed by atoms with Crippen molar-refractivity contribution in [1.29, 1.82) is 0 Å². The summed E-state index contributed by atoms with van der Waals surface area (Å²) in [6.45, 7) is 0. The van der Waals surface area contributed by atoms with E-state index in [1.165, 1.54) is 0 Å². The van der Waals surface area contributed by atoms with E-state index in [9.17, 15) is 0 Å². The van der Waals surface area contributed by atoms with Crippen molar-refractivity contribution in [3.8, 4) is 0 Å². The molecule has 0 aromatic heterocycles. The van der Waals surface area contributed by atoms with Gasteiger partial charge in [-0.05, 0) is 0 Å². The number of rotatable bonds is 0. The maximum Gasteiger partial charge on any atom is 4.00 e. The Morgan fingerprint density at radius 3 is 0.375 bits per heavy atom. The molecule has 0 unspecified atom stereocenters. The number of halogens is 6. The van der Waals surface area contributed by atoms with Gasteiger partial charge in [0.25, 0.3) is 0 Å². The summed E-state index contributed by atoms with van der Waals surface area (Å²) in [6, 6.07) is 0. The van der Waals surface area contributed by atoms with Crippen LogP contribution >= 0.6 is 0 Å². The van der Waals surface area contributed by atoms with Gasteiger partial charge in [0, 0.05) is 0 Å². The third-order valence-corrected chi connectivity index (χ3v) is 0. The monoisotopic (exact) mass is 250 g/mol. The Labute approximate surface area is 94.1 Å². The largest absolute Gasteiger partial charge is 4.00 e. The average molecular weight is 249 g/mol. The van der Waals surface area contributed by atoms with Gasteiger partial charge in [0.1, 0.15) is 0 Å². The van der Waals surface area contributed by atoms with Crippen LogP contribution in [0.25, 0.3) is 0 Å². The van der Waals surface area contributed by atoms with Crippen LogP contribution in [0.3, 0.4) is 0 Å². The van der Waals surface area contributed by atoms with E-state index in [0.29, 0.717) is 0 Å². The molecule has 48 valence electrons. The molecule has 0 atom stereocenters. The van der Waals surface area contributed by atoms with Crippen LogP contribution in [0.4, 0.5) is 0 Å². The van der Waals surface area contributed by atoms with Crippen molar-refractivity contribution in [2.75, 3.05) is 0 Å². The Balaban J connectivity index is 0. The van der Waals surface area contributed by atoms with E-state index >= 15 is 0 Å². The molecular weight excluding hydrogens is 249 g/mol. The Kier molecular flexibility index (Phi) is 5030. The minimum absolute atomic E-state index is 0. The summed E-state index contributed by atoms with van der Waals surface area (Å²) in [7, 11) is 0. The van der Waals surface area contributed by atoms with Gasteiger partial charge in [-0.3, -0.25) is 0 Å². The Morgan fingerprint density at radius 2 is 0.375 bits per heavy atom. The van der Waals surface area contributed by atoms with E-state index in [2.05, 4.69) is 0 Å². The minimum atomic E-state index is 0. The quantitative estimate of drug-likeness (QED) is 0.295. The van der Waals surface area contributed by atoms with Crippen LogP contribution < -0.4 is 28.2 Å². The van der Waals surface area contributed by atoms with Gasteiger partial charge in [-0.15, -0.1) is 0 Å². The van der Waals surface area contributed by atoms with Crippen molar-refractivity contribution in [3.05, 3.63) is 0 Å². The standard InChI is InChI=1S/6FH.Sr.Ti/h6*1H;;/q;;;;;;+2;+4/p-6. The normalized spacial score (nSPS) is 0. The molecule has 0 heterocycles. The molecule has 0 aliphatic rings. The predicted octanol–water partition coefficient (Wildman–Crippen LogP) is -18.4. The molecule has 0 nitrogen and oxygen atoms in total. The van der Waals surface area contributed by atoms with Crippen molar-refractivity contribution in [2.24, 2.45) is 0 Å². The maximum atomic E-state index is 0. The third kappa shape index (κ3) is 113. The summed E-state index contributed by atoms with van der Waals surface area (Å²) in [5, 5.41) is 0. The van der Waals surface area contributed by atoms with Crippen molar-refractivity contribution in [1.82, 2.24) is 0 Å². The molecule has 0 aromatic rings. The first-order chi connectivity index (χ1) is 0. The van der Waals surface area contributed by atoms with Crippen LogP contribution in [-0.2, 0) is 21.7 Å². The van der Waals surface area contributed by atoms with E-state index in [4.69, 9.17) is 0 Å². The van der Waals surface area contributed by atoms with Crippen molar-refractivity contribution in [3.63, 3.8) is 0 Å². The topological polar surface area (TPSA) is 0 Å². The fraction of sp³-hybridized carbons (Fsp3) is 0. The molecule has 0 aromatic carbocycles. The summed E-state index contributed by atoms with van der Waals surface area (Å²) < 4.78 is 0. The van der Waals surface area contributed by atoms with E-state index in [1.807, 2.05) is 0 Å². The van der Waals surface area contributed by atoms with Gasteiger partial charge in [0.05, 0.1) is 0 Å². The second-order valence-electron chi connectivity index (χ2n) is 0. The summed E-state index contributed by atoms with van der Waals surface area (Å²) in [4.78, 5) is 0. The number of hydrogen-bond acceptors (Lipinski definition) is 0. The molecule has 0 radical (unpaired) electrons. The molecule has 0 amide bonds. The van der Waals surface area contributed by atoms with E-state index in [0.717, 1.165) is 0 Å². The summed E-state index contributed by atoms with van der Waals surface area (Å²) in [5.74, 6) is 0. The van der Waals surface area contributed by atoms with Crippen molar-refractivity contribution < 1.29 is 49.9 Å². The smallest absolute Gasteiger partial charge is 1.00 e. The van der Waals surface area contributed by atoms with E-state index in [-0.39, 0.29) is 95.4 Å². The van der Waals surface area contributed by atoms with Gasteiger partial charge < -0.3 is 28.2 Å². The molecule has 0 bridgehead atoms. The average Bonchev–Trinajstić information content (AvgIpc) is 0. The van der Waals surface area contributed by atoms with Crippen LogP contribution in [0.2, 0.25) is 0 Å². The van der Waals surface area contributed by atoms with Gasteiger partial charge in [0.15, 0.2) is 0 Å². The molecule has 0 N–H and O–H groups in total. The van der Waals surface area contributed by atoms with Gasteiger partial charge in [-0.1, -0.05) is 0 Å². The van der Waals surface area contributed by atoms with E-state index < -0.39 is 0 Å². The molecule has 8 heteroatoms. The second kappa shape index (κ2) is 168. The van der Waals surface area contributed by atoms with Crippen LogP contribution in [0.15, 0.2) is 0 Å². The van der Waals surface area contributed by atoms with Crippen LogP contribution in [0, 0.1) is 0 Å². The molecular formula is F6SrTi. The molecule has 0 aliphatic heterocycles. The van der Waals surface area contributed by atoms with Crippen molar-refractivity contribution >= 4 is 45.5 Å². The zero-order chi connectivity index (χ0) is 0. The molecule has 0 fully saturated rings. The first-order valence-corrected chi connectivity index (χ1v) is 0. The molecule has 0 spiro atoms. The first kappa shape index (κ1) is 239. The van der Waals surface area contributed by atoms with Crippen LogP contribution in [0.5, 0.6) is 0 Å². The zero-order valence-electron chi connectivity index (χ0n) is 3.47. The second-order valence-corrected chi connectivity index (χ2v) is 0. The molecule has 0 aliphatic carbocycles. The Morgan fingerprint density at radius 1 is 0.375 bits per heavy atom. The fourth-order valence-electron chi connectivity index (χ4n) is 0. The zero-order valence-corrected chi connectivity index (χ0v) is 8.51. The van der Waals surface area contributed by atoms with E-state index in [1.54, 1.807) is 0 Å². The fourth-order valence-corrected chi connectivity index (χ4v) is 0. The first-order valence-electron chi connectivity index (χ1n) is 0. The van der Waals surface area contributed by atoms with Gasteiger partial charge in [-0.2, -0.15) is 0 Å². The molecule has 0 rings (SSSR count). The minimum Gasteiger partial charge on any atom is -1.00 e. The third-order valence-electron chi connectivity index (χ3n) is 0. The summed E-state index contributed by atoms with van der Waals surface area (Å²) in [6.07, 6.45) is 0. The SMILES string of the molecule is [F-].[F-].[F-].[F-].[F-].[F-].[Sr+2].[Ti+4]. The molecule has 8 heavy (non-hydrogen) atoms. The predicted molar refractivity (Wildman–Crippen MR) is 5.75 cm³/mol. The Bertz CT molecular complexity index is 8.49. The molecule has 0 saturated heterocycles. The van der Waals surface area contributed by atoms with Crippen LogP contribution in [0.1, 0.15) is 0 Å². The van der Waals surface area contributed by atoms with Crippen molar-refractivity contribution in [2.45, 2.75) is 0 Å². The summed E-state index contributed by atoms with van der Waals surface area (Å²) in [5.41, 5.74) is 0. The number of hydrogen-bond donors (Lipinski definition) is 0. The van der Waals surface area contributed by atoms with Gasteiger partial charge in [-0.25, -0.2) is 0 Å². The Hall–Kier alpha value is 1.77. The molecule has 0 saturated carbocycles. The van der Waals surface area contributed by atoms with Gasteiger partial charge >= 0.3 is 67.2 Å². The summed E-state index contributed by atoms with van der Waals surface area (Å²) >= 11 is 0.